The van der Waals surface area contributed by atoms with Gasteiger partial charge in [-0.05, 0) is 36.2 Å². The maximum absolute atomic E-state index is 14.2. The van der Waals surface area contributed by atoms with Crippen LogP contribution in [-0.4, -0.2) is 28.9 Å². The Bertz CT molecular complexity index is 1120. The second-order valence-corrected chi connectivity index (χ2v) is 7.12. The van der Waals surface area contributed by atoms with Gasteiger partial charge in [-0.25, -0.2) is 4.39 Å². The molecule has 0 radical (unpaired) electrons. The molecule has 0 aliphatic rings. The summed E-state index contributed by atoms with van der Waals surface area (Å²) >= 11 is 0. The van der Waals surface area contributed by atoms with Gasteiger partial charge in [0.25, 0.3) is 5.91 Å². The van der Waals surface area contributed by atoms with E-state index >= 15 is 0 Å². The topological polar surface area (TPSA) is 45.3 Å². The van der Waals surface area contributed by atoms with Crippen molar-refractivity contribution in [2.24, 2.45) is 0 Å². The van der Waals surface area contributed by atoms with E-state index in [9.17, 15) is 9.18 Å². The number of para-hydroxylation sites is 2. The van der Waals surface area contributed by atoms with Crippen LogP contribution in [-0.2, 0) is 17.8 Å². The predicted molar refractivity (Wildman–Crippen MR) is 116 cm³/mol. The number of benzene rings is 3. The predicted octanol–water partition coefficient (Wildman–Crippen LogP) is 4.96. The van der Waals surface area contributed by atoms with Gasteiger partial charge in [0.05, 0.1) is 0 Å². The molecular weight excluding hydrogens is 379 g/mol. The molecule has 0 unspecified atom stereocenters. The Balaban J connectivity index is 1.48. The Morgan fingerprint density at radius 2 is 1.63 bits per heavy atom. The van der Waals surface area contributed by atoms with Crippen LogP contribution in [0.5, 0.6) is 5.75 Å². The zero-order chi connectivity index (χ0) is 20.8. The van der Waals surface area contributed by atoms with E-state index in [1.54, 1.807) is 35.2 Å². The Labute approximate surface area is 174 Å². The lowest BCUT2D eigenvalue weighted by Crippen LogP contribution is -2.36. The number of halogens is 1. The highest BCUT2D eigenvalue weighted by Crippen LogP contribution is 2.19. The molecule has 0 saturated carbocycles. The summed E-state index contributed by atoms with van der Waals surface area (Å²) in [7, 11) is 0. The fourth-order valence-corrected chi connectivity index (χ4v) is 3.47. The minimum atomic E-state index is -0.314. The third-order valence-electron chi connectivity index (χ3n) is 5.10. The molecule has 0 spiro atoms. The van der Waals surface area contributed by atoms with Crippen molar-refractivity contribution in [3.8, 4) is 5.75 Å². The van der Waals surface area contributed by atoms with E-state index in [1.165, 1.54) is 6.07 Å². The molecule has 1 amide bonds. The highest BCUT2D eigenvalue weighted by Gasteiger charge is 2.17. The van der Waals surface area contributed by atoms with Crippen LogP contribution in [0.3, 0.4) is 0 Å². The van der Waals surface area contributed by atoms with Crippen molar-refractivity contribution in [1.29, 1.82) is 0 Å². The van der Waals surface area contributed by atoms with Crippen LogP contribution in [0.4, 0.5) is 4.39 Å². The van der Waals surface area contributed by atoms with Crippen molar-refractivity contribution in [3.05, 3.63) is 102 Å². The Morgan fingerprint density at radius 3 is 2.47 bits per heavy atom. The van der Waals surface area contributed by atoms with Gasteiger partial charge in [-0.3, -0.25) is 4.79 Å². The number of hydrogen-bond donors (Lipinski definition) is 1. The van der Waals surface area contributed by atoms with Crippen molar-refractivity contribution < 1.29 is 13.9 Å². The molecule has 1 N–H and O–H groups in total. The molecular formula is C25H23FN2O2. The lowest BCUT2D eigenvalue weighted by atomic mass is 10.1. The van der Waals surface area contributed by atoms with Crippen LogP contribution in [0.15, 0.2) is 85.1 Å². The fourth-order valence-electron chi connectivity index (χ4n) is 3.47. The van der Waals surface area contributed by atoms with E-state index in [0.717, 1.165) is 16.5 Å². The molecule has 1 aromatic heterocycles. The number of fused-ring (bicyclic) bond motifs is 1. The van der Waals surface area contributed by atoms with Gasteiger partial charge in [-0.2, -0.15) is 0 Å². The van der Waals surface area contributed by atoms with Gasteiger partial charge in [-0.15, -0.1) is 0 Å². The number of carbonyl (C=O) groups is 1. The number of amides is 1. The van der Waals surface area contributed by atoms with E-state index in [-0.39, 0.29) is 24.9 Å². The van der Waals surface area contributed by atoms with Crippen molar-refractivity contribution in [2.75, 3.05) is 13.2 Å². The number of nitrogens with zero attached hydrogens (tertiary/aromatic N) is 1. The third kappa shape index (κ3) is 4.69. The van der Waals surface area contributed by atoms with Gasteiger partial charge in [0, 0.05) is 35.8 Å². The molecule has 0 saturated heterocycles. The summed E-state index contributed by atoms with van der Waals surface area (Å²) in [5.74, 6) is 0.140. The lowest BCUT2D eigenvalue weighted by molar-refractivity contribution is -0.134. The van der Waals surface area contributed by atoms with Crippen LogP contribution in [0.25, 0.3) is 10.9 Å². The largest absolute Gasteiger partial charge is 0.484 e. The summed E-state index contributed by atoms with van der Waals surface area (Å²) in [5, 5.41) is 1.14. The quantitative estimate of drug-likeness (QED) is 0.453. The summed E-state index contributed by atoms with van der Waals surface area (Å²) in [5.41, 5.74) is 2.68. The average Bonchev–Trinajstić information content (AvgIpc) is 3.20. The summed E-state index contributed by atoms with van der Waals surface area (Å²) in [6, 6.07) is 23.8. The maximum atomic E-state index is 14.2. The first-order valence-electron chi connectivity index (χ1n) is 9.95. The smallest absolute Gasteiger partial charge is 0.260 e. The number of ether oxygens (including phenoxy) is 1. The van der Waals surface area contributed by atoms with Crippen LogP contribution in [0, 0.1) is 5.82 Å². The molecule has 0 bridgehead atoms. The van der Waals surface area contributed by atoms with Crippen molar-refractivity contribution >= 4 is 16.8 Å². The lowest BCUT2D eigenvalue weighted by Gasteiger charge is -2.23. The molecule has 0 atom stereocenters. The van der Waals surface area contributed by atoms with Gasteiger partial charge in [-0.1, -0.05) is 54.6 Å². The number of rotatable bonds is 8. The molecule has 3 aromatic carbocycles. The molecule has 5 heteroatoms. The zero-order valence-electron chi connectivity index (χ0n) is 16.6. The summed E-state index contributed by atoms with van der Waals surface area (Å²) in [6.45, 7) is 0.575. The molecule has 0 aliphatic heterocycles. The monoisotopic (exact) mass is 402 g/mol. The number of aromatic amines is 1. The number of hydrogen-bond acceptors (Lipinski definition) is 2. The first kappa shape index (κ1) is 19.7. The zero-order valence-corrected chi connectivity index (χ0v) is 16.6. The molecule has 152 valence electrons. The number of aromatic nitrogens is 1. The van der Waals surface area contributed by atoms with Crippen molar-refractivity contribution in [3.63, 3.8) is 0 Å². The molecule has 1 heterocycles. The van der Waals surface area contributed by atoms with Crippen LogP contribution in [0.1, 0.15) is 11.1 Å². The van der Waals surface area contributed by atoms with Gasteiger partial charge in [0.2, 0.25) is 0 Å². The third-order valence-corrected chi connectivity index (χ3v) is 5.10. The molecule has 0 fully saturated rings. The fraction of sp³-hybridized carbons (Fsp3) is 0.160. The summed E-state index contributed by atoms with van der Waals surface area (Å²) in [6.07, 6.45) is 2.63. The number of carbonyl (C=O) groups excluding carboxylic acids is 1. The minimum absolute atomic E-state index is 0.0909. The Morgan fingerprint density at radius 1 is 0.900 bits per heavy atom. The molecule has 0 aliphatic carbocycles. The standard InChI is InChI=1S/C25H23FN2O2/c26-23-12-6-4-8-20(23)17-28(25(29)18-30-21-9-2-1-3-10-21)15-14-19-16-27-24-13-7-5-11-22(19)24/h1-13,16,27H,14-15,17-18H2. The second-order valence-electron chi connectivity index (χ2n) is 7.12. The average molecular weight is 402 g/mol. The van der Waals surface area contributed by atoms with Crippen LogP contribution in [0.2, 0.25) is 0 Å². The molecule has 4 nitrogen and oxygen atoms in total. The molecule has 4 rings (SSSR count). The van der Waals surface area contributed by atoms with Crippen LogP contribution >= 0.6 is 0 Å². The van der Waals surface area contributed by atoms with Gasteiger partial charge in [0.1, 0.15) is 11.6 Å². The Hall–Kier alpha value is -3.60. The van der Waals surface area contributed by atoms with E-state index in [2.05, 4.69) is 11.1 Å². The SMILES string of the molecule is O=C(COc1ccccc1)N(CCc1c[nH]c2ccccc12)Cc1ccccc1F. The number of nitrogens with one attached hydrogen (secondary N) is 1. The Kier molecular flexibility index (Phi) is 6.09. The van der Waals surface area contributed by atoms with E-state index < -0.39 is 0 Å². The highest BCUT2D eigenvalue weighted by atomic mass is 19.1. The minimum Gasteiger partial charge on any atom is -0.484 e. The van der Waals surface area contributed by atoms with E-state index in [4.69, 9.17) is 4.74 Å². The van der Waals surface area contributed by atoms with Gasteiger partial charge >= 0.3 is 0 Å². The normalized spacial score (nSPS) is 10.8. The maximum Gasteiger partial charge on any atom is 0.260 e. The highest BCUT2D eigenvalue weighted by molar-refractivity contribution is 5.83. The van der Waals surface area contributed by atoms with Crippen LogP contribution < -0.4 is 4.74 Å². The van der Waals surface area contributed by atoms with Crippen molar-refractivity contribution in [1.82, 2.24) is 9.88 Å². The first-order chi connectivity index (χ1) is 14.7. The summed E-state index contributed by atoms with van der Waals surface area (Å²) < 4.78 is 19.8. The number of H-pyrrole nitrogens is 1. The molecule has 30 heavy (non-hydrogen) atoms. The van der Waals surface area contributed by atoms with Crippen molar-refractivity contribution in [2.45, 2.75) is 13.0 Å². The van der Waals surface area contributed by atoms with Gasteiger partial charge in [0.15, 0.2) is 6.61 Å². The second kappa shape index (κ2) is 9.27. The van der Waals surface area contributed by atoms with E-state index in [1.807, 2.05) is 42.6 Å². The molecule has 4 aromatic rings. The van der Waals surface area contributed by atoms with Gasteiger partial charge < -0.3 is 14.6 Å². The summed E-state index contributed by atoms with van der Waals surface area (Å²) in [4.78, 5) is 17.8. The first-order valence-corrected chi connectivity index (χ1v) is 9.95. The van der Waals surface area contributed by atoms with E-state index in [0.29, 0.717) is 24.3 Å².